The monoisotopic (exact) mass is 369 g/mol. The highest BCUT2D eigenvalue weighted by atomic mass is 35.5. The Bertz CT molecular complexity index is 687. The number of hydrogen-bond donors (Lipinski definition) is 1. The van der Waals surface area contributed by atoms with Crippen molar-refractivity contribution in [3.8, 4) is 0 Å². The van der Waals surface area contributed by atoms with E-state index in [0.717, 1.165) is 16.4 Å². The normalized spacial score (nSPS) is 23.5. The van der Waals surface area contributed by atoms with Crippen molar-refractivity contribution in [2.24, 2.45) is 11.8 Å². The molecule has 2 rings (SSSR count). The van der Waals surface area contributed by atoms with Crippen LogP contribution in [0.5, 0.6) is 0 Å². The molecule has 0 bridgehead atoms. The van der Waals surface area contributed by atoms with Crippen LogP contribution in [0.3, 0.4) is 0 Å². The van der Waals surface area contributed by atoms with Crippen LogP contribution >= 0.6 is 23.2 Å². The van der Waals surface area contributed by atoms with Crippen molar-refractivity contribution in [1.82, 2.24) is 4.31 Å². The van der Waals surface area contributed by atoms with Crippen LogP contribution in [-0.4, -0.2) is 36.9 Å². The van der Waals surface area contributed by atoms with Crippen LogP contribution in [-0.2, 0) is 14.8 Å². The van der Waals surface area contributed by atoms with Gasteiger partial charge in [0.15, 0.2) is 0 Å². The van der Waals surface area contributed by atoms with Crippen LogP contribution in [0.25, 0.3) is 0 Å². The summed E-state index contributed by atoms with van der Waals surface area (Å²) in [6.07, 6.45) is 0.395. The van der Waals surface area contributed by atoms with E-state index in [4.69, 9.17) is 28.3 Å². The molecule has 9 heteroatoms. The predicted octanol–water partition coefficient (Wildman–Crippen LogP) is 2.86. The van der Waals surface area contributed by atoms with Gasteiger partial charge in [0.2, 0.25) is 10.0 Å². The van der Waals surface area contributed by atoms with Gasteiger partial charge in [-0.25, -0.2) is 12.8 Å². The summed E-state index contributed by atoms with van der Waals surface area (Å²) < 4.78 is 39.7. The minimum atomic E-state index is -4.10. The molecule has 1 heterocycles. The number of sulfonamides is 1. The van der Waals surface area contributed by atoms with Crippen molar-refractivity contribution < 1.29 is 22.7 Å². The van der Waals surface area contributed by atoms with Gasteiger partial charge < -0.3 is 5.11 Å². The molecule has 0 aliphatic carbocycles. The molecule has 0 saturated carbocycles. The lowest BCUT2D eigenvalue weighted by atomic mass is 9.92. The molecule has 1 aromatic carbocycles. The van der Waals surface area contributed by atoms with Gasteiger partial charge in [-0.3, -0.25) is 4.79 Å². The zero-order valence-electron chi connectivity index (χ0n) is 11.6. The van der Waals surface area contributed by atoms with Gasteiger partial charge in [0.25, 0.3) is 0 Å². The van der Waals surface area contributed by atoms with Crippen molar-refractivity contribution in [1.29, 1.82) is 0 Å². The molecule has 1 aliphatic rings. The van der Waals surface area contributed by atoms with E-state index in [0.29, 0.717) is 6.42 Å². The van der Waals surface area contributed by atoms with E-state index in [2.05, 4.69) is 0 Å². The van der Waals surface area contributed by atoms with Gasteiger partial charge in [0.05, 0.1) is 16.0 Å². The fraction of sp³-hybridized carbons (Fsp3) is 0.462. The predicted molar refractivity (Wildman–Crippen MR) is 80.1 cm³/mol. The summed E-state index contributed by atoms with van der Waals surface area (Å²) in [5.41, 5.74) is 0. The lowest BCUT2D eigenvalue weighted by Gasteiger charge is -2.34. The Balaban J connectivity index is 2.44. The molecular formula is C13H14Cl2FNO4S. The Hall–Kier alpha value is -0.890. The summed E-state index contributed by atoms with van der Waals surface area (Å²) in [6, 6.07) is 1.73. The Morgan fingerprint density at radius 1 is 1.32 bits per heavy atom. The van der Waals surface area contributed by atoms with Crippen LogP contribution in [0.2, 0.25) is 10.0 Å². The van der Waals surface area contributed by atoms with Crippen molar-refractivity contribution in [2.75, 3.05) is 13.1 Å². The first-order valence-corrected chi connectivity index (χ1v) is 8.70. The quantitative estimate of drug-likeness (QED) is 0.888. The Morgan fingerprint density at radius 2 is 1.86 bits per heavy atom. The number of piperidine rings is 1. The van der Waals surface area contributed by atoms with Crippen LogP contribution in [0.1, 0.15) is 13.3 Å². The molecule has 0 aromatic heterocycles. The van der Waals surface area contributed by atoms with E-state index in [1.165, 1.54) is 0 Å². The Kier molecular flexibility index (Phi) is 5.01. The van der Waals surface area contributed by atoms with Crippen LogP contribution < -0.4 is 0 Å². The van der Waals surface area contributed by atoms with E-state index in [9.17, 15) is 17.6 Å². The third-order valence-electron chi connectivity index (χ3n) is 3.54. The average Bonchev–Trinajstić information content (AvgIpc) is 2.36. The minimum absolute atomic E-state index is 0.123. The van der Waals surface area contributed by atoms with E-state index in [1.807, 2.05) is 0 Å². The van der Waals surface area contributed by atoms with Gasteiger partial charge in [-0.2, -0.15) is 4.31 Å². The standard InChI is InChI=1S/C13H14Cl2FNO4S/c1-7-2-8(13(18)19)6-17(5-7)22(20,21)12-10(14)3-9(16)4-11(12)15/h3-4,7-8H,2,5-6H2,1H3,(H,18,19). The lowest BCUT2D eigenvalue weighted by Crippen LogP contribution is -2.45. The SMILES string of the molecule is CC1CC(C(=O)O)CN(S(=O)(=O)c2c(Cl)cc(F)cc2Cl)C1. The summed E-state index contributed by atoms with van der Waals surface area (Å²) >= 11 is 11.7. The summed E-state index contributed by atoms with van der Waals surface area (Å²) in [7, 11) is -4.10. The van der Waals surface area contributed by atoms with E-state index >= 15 is 0 Å². The molecule has 1 aliphatic heterocycles. The van der Waals surface area contributed by atoms with Crippen LogP contribution in [0, 0.1) is 17.7 Å². The van der Waals surface area contributed by atoms with Crippen LogP contribution in [0.15, 0.2) is 17.0 Å². The smallest absolute Gasteiger partial charge is 0.307 e. The fourth-order valence-corrected chi connectivity index (χ4v) is 5.32. The number of carboxylic acid groups (broad SMARTS) is 1. The molecule has 2 unspecified atom stereocenters. The maximum atomic E-state index is 13.2. The first kappa shape index (κ1) is 17.5. The summed E-state index contributed by atoms with van der Waals surface area (Å²) in [5.74, 6) is -2.72. The summed E-state index contributed by atoms with van der Waals surface area (Å²) in [5, 5.41) is 8.48. The molecule has 22 heavy (non-hydrogen) atoms. The van der Waals surface area contributed by atoms with Crippen molar-refractivity contribution in [3.63, 3.8) is 0 Å². The van der Waals surface area contributed by atoms with Crippen molar-refractivity contribution in [3.05, 3.63) is 28.0 Å². The molecule has 1 N–H and O–H groups in total. The molecule has 0 amide bonds. The maximum Gasteiger partial charge on any atom is 0.307 e. The van der Waals surface area contributed by atoms with Gasteiger partial charge in [-0.15, -0.1) is 0 Å². The highest BCUT2D eigenvalue weighted by molar-refractivity contribution is 7.89. The number of carbonyl (C=O) groups is 1. The Morgan fingerprint density at radius 3 is 2.36 bits per heavy atom. The third kappa shape index (κ3) is 3.37. The number of hydrogen-bond acceptors (Lipinski definition) is 3. The average molecular weight is 370 g/mol. The van der Waals surface area contributed by atoms with Gasteiger partial charge in [-0.1, -0.05) is 30.1 Å². The molecule has 0 spiro atoms. The van der Waals surface area contributed by atoms with E-state index in [1.54, 1.807) is 6.92 Å². The second-order valence-electron chi connectivity index (χ2n) is 5.40. The lowest BCUT2D eigenvalue weighted by molar-refractivity contribution is -0.143. The molecular weight excluding hydrogens is 356 g/mol. The second kappa shape index (κ2) is 6.31. The van der Waals surface area contributed by atoms with Gasteiger partial charge in [-0.05, 0) is 24.5 Å². The largest absolute Gasteiger partial charge is 0.481 e. The minimum Gasteiger partial charge on any atom is -0.481 e. The molecule has 1 aromatic rings. The number of aliphatic carboxylic acids is 1. The number of benzene rings is 1. The van der Waals surface area contributed by atoms with Gasteiger partial charge in [0, 0.05) is 13.1 Å². The van der Waals surface area contributed by atoms with Crippen LogP contribution in [0.4, 0.5) is 4.39 Å². The number of nitrogens with zero attached hydrogens (tertiary/aromatic N) is 1. The van der Waals surface area contributed by atoms with E-state index in [-0.39, 0.29) is 29.1 Å². The molecule has 5 nitrogen and oxygen atoms in total. The number of rotatable bonds is 3. The molecule has 0 radical (unpaired) electrons. The molecule has 122 valence electrons. The zero-order chi connectivity index (χ0) is 16.7. The maximum absolute atomic E-state index is 13.2. The summed E-state index contributed by atoms with van der Waals surface area (Å²) in [6.45, 7) is 1.77. The summed E-state index contributed by atoms with van der Waals surface area (Å²) in [4.78, 5) is 10.8. The number of halogens is 3. The van der Waals surface area contributed by atoms with E-state index < -0.39 is 32.6 Å². The topological polar surface area (TPSA) is 74.7 Å². The number of carboxylic acids is 1. The first-order chi connectivity index (χ1) is 10.1. The highest BCUT2D eigenvalue weighted by Gasteiger charge is 2.38. The molecule has 1 fully saturated rings. The third-order valence-corrected chi connectivity index (χ3v) is 6.29. The fourth-order valence-electron chi connectivity index (χ4n) is 2.58. The highest BCUT2D eigenvalue weighted by Crippen LogP contribution is 2.35. The van der Waals surface area contributed by atoms with Gasteiger partial charge >= 0.3 is 5.97 Å². The molecule has 2 atom stereocenters. The second-order valence-corrected chi connectivity index (χ2v) is 8.09. The Labute approximate surface area is 137 Å². The van der Waals surface area contributed by atoms with Crippen molar-refractivity contribution in [2.45, 2.75) is 18.2 Å². The van der Waals surface area contributed by atoms with Gasteiger partial charge in [0.1, 0.15) is 10.7 Å². The van der Waals surface area contributed by atoms with Crippen molar-refractivity contribution >= 4 is 39.2 Å². The first-order valence-electron chi connectivity index (χ1n) is 6.50. The zero-order valence-corrected chi connectivity index (χ0v) is 13.9. The molecule has 1 saturated heterocycles.